The van der Waals surface area contributed by atoms with E-state index in [2.05, 4.69) is 45.2 Å². The van der Waals surface area contributed by atoms with Gasteiger partial charge in [0.1, 0.15) is 15.5 Å². The van der Waals surface area contributed by atoms with Crippen LogP contribution in [0.25, 0.3) is 39.0 Å². The summed E-state index contributed by atoms with van der Waals surface area (Å²) in [4.78, 5) is 23.5. The Balaban J connectivity index is 1.30. The minimum Gasteiger partial charge on any atom is -0.339 e. The number of sulfone groups is 1. The van der Waals surface area contributed by atoms with E-state index in [4.69, 9.17) is 0 Å². The topological polar surface area (TPSA) is 93.0 Å². The normalized spacial score (nSPS) is 15.6. The number of fused-ring (bicyclic) bond motifs is 3. The monoisotopic (exact) mass is 515 g/mol. The Morgan fingerprint density at radius 2 is 1.73 bits per heavy atom. The molecule has 4 heterocycles. The van der Waals surface area contributed by atoms with E-state index < -0.39 is 9.84 Å². The Kier molecular flexibility index (Phi) is 5.77. The third-order valence-corrected chi connectivity index (χ3v) is 9.18. The van der Waals surface area contributed by atoms with Gasteiger partial charge in [0.15, 0.2) is 0 Å². The zero-order valence-corrected chi connectivity index (χ0v) is 21.7. The van der Waals surface area contributed by atoms with Crippen molar-refractivity contribution in [1.82, 2.24) is 24.0 Å². The summed E-state index contributed by atoms with van der Waals surface area (Å²) in [6.07, 6.45) is 4.48. The van der Waals surface area contributed by atoms with E-state index in [0.29, 0.717) is 12.8 Å². The van der Waals surface area contributed by atoms with Gasteiger partial charge >= 0.3 is 5.69 Å². The maximum atomic E-state index is 13.1. The average molecular weight is 516 g/mol. The number of nitrogens with zero attached hydrogens (tertiary/aromatic N) is 4. The first-order chi connectivity index (χ1) is 17.8. The van der Waals surface area contributed by atoms with Crippen LogP contribution < -0.4 is 5.69 Å². The van der Waals surface area contributed by atoms with E-state index in [-0.39, 0.29) is 10.9 Å². The molecule has 37 heavy (non-hydrogen) atoms. The van der Waals surface area contributed by atoms with Crippen molar-refractivity contribution >= 4 is 31.9 Å². The van der Waals surface area contributed by atoms with E-state index in [1.807, 2.05) is 30.3 Å². The van der Waals surface area contributed by atoms with Gasteiger partial charge in [-0.15, -0.1) is 0 Å². The maximum Gasteiger partial charge on any atom is 0.333 e. The second-order valence-corrected chi connectivity index (χ2v) is 12.3. The Labute approximate surface area is 215 Å². The van der Waals surface area contributed by atoms with Crippen molar-refractivity contribution in [2.45, 2.75) is 24.6 Å². The molecule has 0 amide bonds. The van der Waals surface area contributed by atoms with Crippen molar-refractivity contribution in [3.63, 3.8) is 0 Å². The maximum absolute atomic E-state index is 13.1. The minimum atomic E-state index is -2.96. The van der Waals surface area contributed by atoms with Gasteiger partial charge in [-0.2, -0.15) is 0 Å². The number of nitrogens with one attached hydrogen (secondary N) is 1. The van der Waals surface area contributed by atoms with E-state index in [1.54, 1.807) is 22.4 Å². The van der Waals surface area contributed by atoms with Crippen LogP contribution in [0.3, 0.4) is 0 Å². The molecule has 0 bridgehead atoms. The fraction of sp³-hybridized carbons (Fsp3) is 0.286. The molecule has 190 valence electrons. The first-order valence-corrected chi connectivity index (χ1v) is 14.4. The number of para-hydroxylation sites is 1. The molecule has 1 aliphatic rings. The van der Waals surface area contributed by atoms with Crippen LogP contribution in [-0.2, 0) is 23.4 Å². The number of H-pyrrole nitrogens is 1. The third-order valence-electron chi connectivity index (χ3n) is 7.50. The fourth-order valence-corrected chi connectivity index (χ4v) is 6.46. The molecule has 0 spiro atoms. The minimum absolute atomic E-state index is 0.108. The highest BCUT2D eigenvalue weighted by Crippen LogP contribution is 2.30. The lowest BCUT2D eigenvalue weighted by atomic mass is 10.1. The molecule has 8 nitrogen and oxygen atoms in total. The largest absolute Gasteiger partial charge is 0.339 e. The van der Waals surface area contributed by atoms with E-state index >= 15 is 0 Å². The summed E-state index contributed by atoms with van der Waals surface area (Å²) < 4.78 is 27.0. The lowest BCUT2D eigenvalue weighted by molar-refractivity contribution is 0.222. The van der Waals surface area contributed by atoms with Gasteiger partial charge in [0, 0.05) is 30.9 Å². The summed E-state index contributed by atoms with van der Waals surface area (Å²) in [6, 6.07) is 20.1. The fourth-order valence-electron chi connectivity index (χ4n) is 5.40. The van der Waals surface area contributed by atoms with Gasteiger partial charge in [0.2, 0.25) is 0 Å². The zero-order valence-electron chi connectivity index (χ0n) is 20.9. The van der Waals surface area contributed by atoms with E-state index in [1.165, 1.54) is 11.8 Å². The van der Waals surface area contributed by atoms with Crippen LogP contribution >= 0.6 is 0 Å². The van der Waals surface area contributed by atoms with Crippen molar-refractivity contribution in [2.75, 3.05) is 19.3 Å². The summed E-state index contributed by atoms with van der Waals surface area (Å²) in [5.41, 5.74) is 6.22. The summed E-state index contributed by atoms with van der Waals surface area (Å²) in [7, 11) is -1.19. The molecule has 3 aromatic heterocycles. The van der Waals surface area contributed by atoms with Gasteiger partial charge in [0.05, 0.1) is 28.2 Å². The molecule has 5 aromatic rings. The molecule has 0 saturated carbocycles. The summed E-state index contributed by atoms with van der Waals surface area (Å²) in [6.45, 7) is 2.39. The van der Waals surface area contributed by atoms with Crippen molar-refractivity contribution in [2.24, 2.45) is 7.05 Å². The highest BCUT2D eigenvalue weighted by molar-refractivity contribution is 7.91. The molecule has 1 saturated heterocycles. The Morgan fingerprint density at radius 1 is 1.03 bits per heavy atom. The van der Waals surface area contributed by atoms with Gasteiger partial charge in [-0.25, -0.2) is 18.2 Å². The number of aromatic amines is 1. The third kappa shape index (κ3) is 4.28. The smallest absolute Gasteiger partial charge is 0.333 e. The van der Waals surface area contributed by atoms with E-state index in [0.717, 1.165) is 58.6 Å². The highest BCUT2D eigenvalue weighted by atomic mass is 32.2. The van der Waals surface area contributed by atoms with Crippen molar-refractivity contribution < 1.29 is 8.42 Å². The SMILES string of the molecule is Cn1c(=O)n(-c2ccccc2)c2c3cc(-c4ccc(CN5CCC(S(C)(=O)=O)CC5)cc4)[nH]c3ncc21. The molecule has 1 fully saturated rings. The number of benzene rings is 2. The van der Waals surface area contributed by atoms with Gasteiger partial charge < -0.3 is 4.98 Å². The molecule has 0 unspecified atom stereocenters. The van der Waals surface area contributed by atoms with E-state index in [9.17, 15) is 13.2 Å². The average Bonchev–Trinajstić information content (AvgIpc) is 3.44. The quantitative estimate of drug-likeness (QED) is 0.384. The number of aromatic nitrogens is 4. The number of hydrogen-bond donors (Lipinski definition) is 1. The Bertz CT molecular complexity index is 1760. The molecule has 0 aliphatic carbocycles. The number of pyridine rings is 1. The Hall–Kier alpha value is -3.69. The van der Waals surface area contributed by atoms with Crippen LogP contribution in [0.1, 0.15) is 18.4 Å². The molecule has 9 heteroatoms. The lowest BCUT2D eigenvalue weighted by Gasteiger charge is -2.31. The van der Waals surface area contributed by atoms with Gasteiger partial charge in [0.25, 0.3) is 0 Å². The highest BCUT2D eigenvalue weighted by Gasteiger charge is 2.26. The number of piperidine rings is 1. The number of rotatable bonds is 5. The molecular weight excluding hydrogens is 486 g/mol. The standard InChI is InChI=1S/C28H29N5O3S/c1-31-25-17-29-27-23(26(25)33(28(31)34)21-6-4-3-5-7-21)16-24(30-27)20-10-8-19(9-11-20)18-32-14-12-22(13-15-32)37(2,35)36/h3-11,16-17,22H,12-15,18H2,1-2H3,(H,29,30). The number of likely N-dealkylation sites (tertiary alicyclic amines) is 1. The summed E-state index contributed by atoms with van der Waals surface area (Å²) >= 11 is 0. The van der Waals surface area contributed by atoms with Crippen LogP contribution in [0.4, 0.5) is 0 Å². The van der Waals surface area contributed by atoms with Crippen LogP contribution in [0.15, 0.2) is 71.7 Å². The first kappa shape index (κ1) is 23.7. The van der Waals surface area contributed by atoms with Crippen molar-refractivity contribution in [3.05, 3.63) is 82.9 Å². The van der Waals surface area contributed by atoms with Crippen LogP contribution in [0.5, 0.6) is 0 Å². The van der Waals surface area contributed by atoms with Crippen molar-refractivity contribution in [1.29, 1.82) is 0 Å². The second kappa shape index (κ2) is 9.00. The zero-order chi connectivity index (χ0) is 25.7. The number of aryl methyl sites for hydroxylation is 1. The predicted molar refractivity (Wildman–Crippen MR) is 147 cm³/mol. The van der Waals surface area contributed by atoms with Crippen LogP contribution in [-0.4, -0.2) is 57.0 Å². The molecule has 6 rings (SSSR count). The second-order valence-electron chi connectivity index (χ2n) is 9.95. The predicted octanol–water partition coefficient (Wildman–Crippen LogP) is 3.88. The molecule has 1 N–H and O–H groups in total. The van der Waals surface area contributed by atoms with Gasteiger partial charge in [-0.05, 0) is 55.3 Å². The first-order valence-electron chi connectivity index (χ1n) is 12.4. The number of imidazole rings is 1. The van der Waals surface area contributed by atoms with Crippen LogP contribution in [0, 0.1) is 0 Å². The Morgan fingerprint density at radius 3 is 2.41 bits per heavy atom. The summed E-state index contributed by atoms with van der Waals surface area (Å²) in [5.74, 6) is 0. The number of hydrogen-bond acceptors (Lipinski definition) is 5. The molecule has 2 aromatic carbocycles. The van der Waals surface area contributed by atoms with Gasteiger partial charge in [-0.3, -0.25) is 14.0 Å². The molecule has 0 atom stereocenters. The summed E-state index contributed by atoms with van der Waals surface area (Å²) in [5, 5.41) is 0.683. The van der Waals surface area contributed by atoms with Crippen molar-refractivity contribution in [3.8, 4) is 16.9 Å². The molecule has 0 radical (unpaired) electrons. The lowest BCUT2D eigenvalue weighted by Crippen LogP contribution is -2.38. The van der Waals surface area contributed by atoms with Gasteiger partial charge in [-0.1, -0.05) is 42.5 Å². The molecular formula is C28H29N5O3S. The molecule has 1 aliphatic heterocycles. The van der Waals surface area contributed by atoms with Crippen LogP contribution in [0.2, 0.25) is 0 Å².